The number of para-hydroxylation sites is 2. The van der Waals surface area contributed by atoms with Gasteiger partial charge in [0.25, 0.3) is 0 Å². The summed E-state index contributed by atoms with van der Waals surface area (Å²) in [5, 5.41) is 0. The Labute approximate surface area is 248 Å². The van der Waals surface area contributed by atoms with Crippen LogP contribution in [0.25, 0.3) is 0 Å². The first-order valence-corrected chi connectivity index (χ1v) is 17.0. The van der Waals surface area contributed by atoms with Crippen LogP contribution in [-0.4, -0.2) is 11.2 Å². The van der Waals surface area contributed by atoms with Crippen LogP contribution < -0.4 is 9.05 Å². The van der Waals surface area contributed by atoms with Crippen molar-refractivity contribution < 1.29 is 36.3 Å². The predicted molar refractivity (Wildman–Crippen MR) is 161 cm³/mol. The van der Waals surface area contributed by atoms with E-state index in [2.05, 4.69) is 0 Å². The van der Waals surface area contributed by atoms with E-state index in [4.69, 9.17) is 27.1 Å². The summed E-state index contributed by atoms with van der Waals surface area (Å²) in [7, 11) is -8.44. The molecule has 8 nitrogen and oxygen atoms in total. The van der Waals surface area contributed by atoms with Crippen molar-refractivity contribution in [2.24, 2.45) is 10.8 Å². The summed E-state index contributed by atoms with van der Waals surface area (Å²) in [5.41, 5.74) is -1.26. The van der Waals surface area contributed by atoms with Crippen LogP contribution in [0.15, 0.2) is 84.9 Å². The van der Waals surface area contributed by atoms with Gasteiger partial charge in [0.05, 0.1) is 11.2 Å². The highest BCUT2D eigenvalue weighted by molar-refractivity contribution is 7.49. The van der Waals surface area contributed by atoms with Crippen molar-refractivity contribution in [2.45, 2.75) is 78.8 Å². The van der Waals surface area contributed by atoms with E-state index in [9.17, 15) is 9.13 Å². The fourth-order valence-electron chi connectivity index (χ4n) is 5.12. The average molecular weight is 615 g/mol. The number of hydrogen-bond acceptors (Lipinski definition) is 8. The summed E-state index contributed by atoms with van der Waals surface area (Å²) in [4.78, 5) is 0. The van der Waals surface area contributed by atoms with Gasteiger partial charge in [-0.3, -0.25) is 18.1 Å². The Bertz CT molecular complexity index is 1400. The van der Waals surface area contributed by atoms with Crippen molar-refractivity contribution in [1.29, 1.82) is 0 Å². The number of hydrogen-bond donors (Lipinski definition) is 0. The largest absolute Gasteiger partial charge is 0.531 e. The molecule has 5 rings (SSSR count). The van der Waals surface area contributed by atoms with Gasteiger partial charge in [0.1, 0.15) is 12.2 Å². The van der Waals surface area contributed by atoms with E-state index in [1.165, 1.54) is 0 Å². The highest BCUT2D eigenvalue weighted by atomic mass is 31.2. The molecule has 226 valence electrons. The third kappa shape index (κ3) is 5.61. The Morgan fingerprint density at radius 1 is 0.524 bits per heavy atom. The number of phosphoric acid groups is 2. The molecule has 2 aliphatic rings. The van der Waals surface area contributed by atoms with Crippen molar-refractivity contribution in [3.63, 3.8) is 0 Å². The maximum atomic E-state index is 14.2. The van der Waals surface area contributed by atoms with Crippen LogP contribution in [0.3, 0.4) is 0 Å². The lowest BCUT2D eigenvalue weighted by Gasteiger charge is -2.51. The monoisotopic (exact) mass is 614 g/mol. The predicted octanol–water partition coefficient (Wildman–Crippen LogP) is 9.85. The van der Waals surface area contributed by atoms with E-state index in [1.54, 1.807) is 24.3 Å². The molecule has 2 fully saturated rings. The van der Waals surface area contributed by atoms with Gasteiger partial charge in [-0.1, -0.05) is 100 Å². The van der Waals surface area contributed by atoms with E-state index in [-0.39, 0.29) is 11.5 Å². The van der Waals surface area contributed by atoms with Crippen LogP contribution in [0.4, 0.5) is 0 Å². The lowest BCUT2D eigenvalue weighted by atomic mass is 9.71. The smallest absolute Gasteiger partial charge is 0.400 e. The second kappa shape index (κ2) is 10.6. The van der Waals surface area contributed by atoms with E-state index in [1.807, 2.05) is 116 Å². The number of rotatable bonds is 6. The van der Waals surface area contributed by atoms with Gasteiger partial charge in [-0.05, 0) is 51.0 Å². The third-order valence-electron chi connectivity index (χ3n) is 9.04. The van der Waals surface area contributed by atoms with Crippen LogP contribution in [0.2, 0.25) is 0 Å². The van der Waals surface area contributed by atoms with Gasteiger partial charge in [-0.25, -0.2) is 9.13 Å². The zero-order valence-corrected chi connectivity index (χ0v) is 27.2. The molecule has 0 saturated carbocycles. The molecular formula is C32H40O8P2. The molecule has 2 heterocycles. The number of phosphoric ester groups is 2. The minimum Gasteiger partial charge on any atom is -0.400 e. The molecule has 0 amide bonds. The molecule has 0 aliphatic carbocycles. The molecule has 10 heteroatoms. The molecule has 0 aromatic heterocycles. The second-order valence-corrected chi connectivity index (χ2v) is 15.9. The maximum absolute atomic E-state index is 14.2. The van der Waals surface area contributed by atoms with Crippen LogP contribution in [0.1, 0.15) is 78.7 Å². The van der Waals surface area contributed by atoms with Crippen molar-refractivity contribution in [3.05, 3.63) is 96.1 Å². The minimum absolute atomic E-state index is 0.0180. The van der Waals surface area contributed by atoms with E-state index in [0.29, 0.717) is 0 Å². The van der Waals surface area contributed by atoms with E-state index < -0.39 is 49.9 Å². The van der Waals surface area contributed by atoms with Gasteiger partial charge in [0, 0.05) is 10.8 Å². The first kappa shape index (κ1) is 31.0. The Balaban J connectivity index is 1.46. The molecule has 2 saturated heterocycles. The standard InChI is InChI=1S/C32H40O8P2/c1-29(2)27(23-17-11-9-12-18-23)37-41(33,39-31(29,5)6)35-25-21-15-16-22-26(25)36-42(34)38-28(24-19-13-10-14-20-24)30(3,4)32(7,8)40-42/h9-22,27-28H,1-8H3/t27-,28-,41?,42?/m0/s1. The molecule has 0 radical (unpaired) electrons. The lowest BCUT2D eigenvalue weighted by molar-refractivity contribution is -0.144. The van der Waals surface area contributed by atoms with E-state index in [0.717, 1.165) is 11.1 Å². The van der Waals surface area contributed by atoms with Crippen LogP contribution in [0.5, 0.6) is 11.5 Å². The summed E-state index contributed by atoms with van der Waals surface area (Å²) >= 11 is 0. The molecular weight excluding hydrogens is 574 g/mol. The maximum Gasteiger partial charge on any atom is 0.531 e. The van der Waals surface area contributed by atoms with Crippen molar-refractivity contribution >= 4 is 15.6 Å². The molecule has 0 spiro atoms. The summed E-state index contributed by atoms with van der Waals surface area (Å²) < 4.78 is 64.8. The lowest BCUT2D eigenvalue weighted by Crippen LogP contribution is -2.49. The molecule has 2 unspecified atom stereocenters. The van der Waals surface area contributed by atoms with Crippen molar-refractivity contribution in [2.75, 3.05) is 0 Å². The average Bonchev–Trinajstić information content (AvgIpc) is 2.90. The SMILES string of the molecule is CC1(C)OP(=O)(Oc2ccccc2OP2(=O)O[C@@H](c3ccccc3)C(C)(C)C(C)(C)O2)O[C@@H](c2ccccc2)C1(C)C. The van der Waals surface area contributed by atoms with Gasteiger partial charge in [-0.15, -0.1) is 0 Å². The molecule has 3 aromatic rings. The first-order chi connectivity index (χ1) is 19.5. The Kier molecular flexibility index (Phi) is 7.84. The summed E-state index contributed by atoms with van der Waals surface area (Å²) in [6, 6.07) is 25.6. The zero-order chi connectivity index (χ0) is 30.6. The zero-order valence-electron chi connectivity index (χ0n) is 25.4. The molecule has 3 aromatic carbocycles. The van der Waals surface area contributed by atoms with Crippen LogP contribution >= 0.6 is 15.6 Å². The van der Waals surface area contributed by atoms with Crippen LogP contribution in [-0.2, 0) is 27.2 Å². The summed E-state index contributed by atoms with van der Waals surface area (Å²) in [6.07, 6.45) is -1.20. The molecule has 0 bridgehead atoms. The molecule has 0 N–H and O–H groups in total. The summed E-state index contributed by atoms with van der Waals surface area (Å²) in [5.74, 6) is 0.0361. The van der Waals surface area contributed by atoms with Gasteiger partial charge in [0.2, 0.25) is 0 Å². The fourth-order valence-corrected chi connectivity index (χ4v) is 9.03. The topological polar surface area (TPSA) is 89.5 Å². The second-order valence-electron chi connectivity index (χ2n) is 13.0. The fraction of sp³-hybridized carbons (Fsp3) is 0.438. The van der Waals surface area contributed by atoms with Gasteiger partial charge in [0.15, 0.2) is 11.5 Å². The van der Waals surface area contributed by atoms with Crippen molar-refractivity contribution in [1.82, 2.24) is 0 Å². The molecule has 42 heavy (non-hydrogen) atoms. The summed E-state index contributed by atoms with van der Waals surface area (Å²) in [6.45, 7) is 15.4. The minimum atomic E-state index is -4.22. The number of benzene rings is 3. The van der Waals surface area contributed by atoms with Gasteiger partial charge < -0.3 is 9.05 Å². The highest BCUT2D eigenvalue weighted by Crippen LogP contribution is 2.70. The Morgan fingerprint density at radius 3 is 1.17 bits per heavy atom. The highest BCUT2D eigenvalue weighted by Gasteiger charge is 2.59. The van der Waals surface area contributed by atoms with Gasteiger partial charge >= 0.3 is 15.6 Å². The third-order valence-corrected chi connectivity index (χ3v) is 12.2. The normalized spacial score (nSPS) is 31.1. The van der Waals surface area contributed by atoms with Crippen LogP contribution in [0, 0.1) is 10.8 Å². The molecule has 2 aliphatic heterocycles. The Morgan fingerprint density at radius 2 is 0.833 bits per heavy atom. The molecule has 4 atom stereocenters. The van der Waals surface area contributed by atoms with Crippen molar-refractivity contribution in [3.8, 4) is 11.5 Å². The van der Waals surface area contributed by atoms with E-state index >= 15 is 0 Å². The quantitative estimate of drug-likeness (QED) is 0.254. The van der Waals surface area contributed by atoms with Gasteiger partial charge in [-0.2, -0.15) is 0 Å². The first-order valence-electron chi connectivity index (χ1n) is 14.1. The Hall–Kier alpha value is -2.44.